The topological polar surface area (TPSA) is 81.5 Å². The number of rotatable bonds is 6. The minimum atomic E-state index is -0.815. The van der Waals surface area contributed by atoms with E-state index >= 15 is 0 Å². The largest absolute Gasteiger partial charge is 0.327 e. The summed E-state index contributed by atoms with van der Waals surface area (Å²) in [6, 6.07) is 16.7. The minimum absolute atomic E-state index is 0.0380. The van der Waals surface area contributed by atoms with Gasteiger partial charge in [0, 0.05) is 6.04 Å². The second-order valence-corrected chi connectivity index (χ2v) is 7.17. The Morgan fingerprint density at radius 1 is 1.17 bits per heavy atom. The van der Waals surface area contributed by atoms with Crippen molar-refractivity contribution in [3.05, 3.63) is 65.7 Å². The number of hydrogen-bond acceptors (Lipinski definition) is 4. The summed E-state index contributed by atoms with van der Waals surface area (Å²) >= 11 is 0. The molecule has 0 bridgehead atoms. The zero-order valence-corrected chi connectivity index (χ0v) is 16.5. The third-order valence-corrected chi connectivity index (χ3v) is 5.27. The highest BCUT2D eigenvalue weighted by molar-refractivity contribution is 6.23. The van der Waals surface area contributed by atoms with Crippen LogP contribution in [0, 0.1) is 11.3 Å². The van der Waals surface area contributed by atoms with Gasteiger partial charge in [0.2, 0.25) is 11.8 Å². The van der Waals surface area contributed by atoms with Gasteiger partial charge in [0.05, 0.1) is 30.2 Å². The highest BCUT2D eigenvalue weighted by Crippen LogP contribution is 2.28. The predicted molar refractivity (Wildman–Crippen MR) is 109 cm³/mol. The van der Waals surface area contributed by atoms with Crippen molar-refractivity contribution in [1.82, 2.24) is 4.90 Å². The molecule has 0 saturated carbocycles. The summed E-state index contributed by atoms with van der Waals surface area (Å²) in [5.41, 5.74) is 1.73. The Balaban J connectivity index is 1.86. The Labute approximate surface area is 170 Å². The van der Waals surface area contributed by atoms with E-state index in [-0.39, 0.29) is 30.7 Å². The van der Waals surface area contributed by atoms with Crippen molar-refractivity contribution in [2.24, 2.45) is 0 Å². The van der Waals surface area contributed by atoms with Gasteiger partial charge in [-0.3, -0.25) is 14.4 Å². The van der Waals surface area contributed by atoms with Crippen LogP contribution in [0.15, 0.2) is 54.6 Å². The van der Waals surface area contributed by atoms with E-state index in [1.54, 1.807) is 29.2 Å². The normalized spacial score (nSPS) is 17.1. The molecule has 2 aromatic carbocycles. The number of carbonyl (C=O) groups is 3. The molecule has 0 N–H and O–H groups in total. The highest BCUT2D eigenvalue weighted by Gasteiger charge is 2.45. The standard InChI is InChI=1S/C23H23N3O3/c1-3-16(2)25(21(27)13-17-7-5-4-6-8-17)20-14-22(28)26(23(20)29)19-11-9-18(15-24)10-12-19/h4-12,16,20H,3,13-14H2,1-2H3. The molecule has 3 rings (SSSR count). The summed E-state index contributed by atoms with van der Waals surface area (Å²) in [5.74, 6) is -0.912. The Bertz CT molecular complexity index is 948. The first kappa shape index (κ1) is 20.3. The van der Waals surface area contributed by atoms with Gasteiger partial charge in [-0.05, 0) is 43.2 Å². The maximum Gasteiger partial charge on any atom is 0.257 e. The van der Waals surface area contributed by atoms with E-state index in [2.05, 4.69) is 0 Å². The molecule has 0 aromatic heterocycles. The fraction of sp³-hybridized carbons (Fsp3) is 0.304. The van der Waals surface area contributed by atoms with Crippen LogP contribution >= 0.6 is 0 Å². The van der Waals surface area contributed by atoms with Crippen LogP contribution in [0.5, 0.6) is 0 Å². The van der Waals surface area contributed by atoms with E-state index in [9.17, 15) is 14.4 Å². The van der Waals surface area contributed by atoms with Crippen LogP contribution in [0.2, 0.25) is 0 Å². The summed E-state index contributed by atoms with van der Waals surface area (Å²) in [6.07, 6.45) is 0.819. The van der Waals surface area contributed by atoms with Crippen molar-refractivity contribution in [2.45, 2.75) is 45.2 Å². The third-order valence-electron chi connectivity index (χ3n) is 5.27. The summed E-state index contributed by atoms with van der Waals surface area (Å²) < 4.78 is 0. The molecule has 3 amide bonds. The van der Waals surface area contributed by atoms with Crippen molar-refractivity contribution in [2.75, 3.05) is 4.90 Å². The lowest BCUT2D eigenvalue weighted by Crippen LogP contribution is -2.50. The number of anilines is 1. The van der Waals surface area contributed by atoms with Crippen LogP contribution < -0.4 is 4.90 Å². The number of amides is 3. The maximum atomic E-state index is 13.1. The average molecular weight is 389 g/mol. The maximum absolute atomic E-state index is 13.1. The first-order chi connectivity index (χ1) is 14.0. The van der Waals surface area contributed by atoms with E-state index in [0.717, 1.165) is 10.5 Å². The molecular formula is C23H23N3O3. The fourth-order valence-electron chi connectivity index (χ4n) is 3.57. The van der Waals surface area contributed by atoms with E-state index in [4.69, 9.17) is 5.26 Å². The Morgan fingerprint density at radius 2 is 1.83 bits per heavy atom. The van der Waals surface area contributed by atoms with Gasteiger partial charge in [0.25, 0.3) is 5.91 Å². The SMILES string of the molecule is CCC(C)N(C(=O)Cc1ccccc1)C1CC(=O)N(c2ccc(C#N)cc2)C1=O. The lowest BCUT2D eigenvalue weighted by molar-refractivity contribution is -0.140. The monoisotopic (exact) mass is 389 g/mol. The van der Waals surface area contributed by atoms with Gasteiger partial charge < -0.3 is 4.90 Å². The lowest BCUT2D eigenvalue weighted by atomic mass is 10.1. The molecule has 148 valence electrons. The Kier molecular flexibility index (Phi) is 6.08. The van der Waals surface area contributed by atoms with E-state index in [0.29, 0.717) is 17.7 Å². The molecule has 1 fully saturated rings. The van der Waals surface area contributed by atoms with Gasteiger partial charge in [0.15, 0.2) is 0 Å². The van der Waals surface area contributed by atoms with Crippen LogP contribution in [0.25, 0.3) is 0 Å². The first-order valence-electron chi connectivity index (χ1n) is 9.68. The second kappa shape index (κ2) is 8.70. The zero-order chi connectivity index (χ0) is 21.0. The molecule has 6 heteroatoms. The predicted octanol–water partition coefficient (Wildman–Crippen LogP) is 3.06. The van der Waals surface area contributed by atoms with E-state index < -0.39 is 11.9 Å². The van der Waals surface area contributed by atoms with Gasteiger partial charge in [-0.25, -0.2) is 4.90 Å². The molecule has 0 radical (unpaired) electrons. The molecule has 1 saturated heterocycles. The number of nitrogens with zero attached hydrogens (tertiary/aromatic N) is 3. The van der Waals surface area contributed by atoms with Crippen LogP contribution in [0.3, 0.4) is 0 Å². The van der Waals surface area contributed by atoms with Crippen molar-refractivity contribution in [3.63, 3.8) is 0 Å². The third kappa shape index (κ3) is 4.19. The quantitative estimate of drug-likeness (QED) is 0.711. The number of nitriles is 1. The minimum Gasteiger partial charge on any atom is -0.327 e. The van der Waals surface area contributed by atoms with Gasteiger partial charge in [-0.15, -0.1) is 0 Å². The van der Waals surface area contributed by atoms with Crippen molar-refractivity contribution in [3.8, 4) is 6.07 Å². The summed E-state index contributed by atoms with van der Waals surface area (Å²) in [6.45, 7) is 3.85. The second-order valence-electron chi connectivity index (χ2n) is 7.17. The van der Waals surface area contributed by atoms with Crippen molar-refractivity contribution >= 4 is 23.4 Å². The smallest absolute Gasteiger partial charge is 0.257 e. The van der Waals surface area contributed by atoms with Gasteiger partial charge in [0.1, 0.15) is 6.04 Å². The van der Waals surface area contributed by atoms with Crippen molar-refractivity contribution in [1.29, 1.82) is 5.26 Å². The van der Waals surface area contributed by atoms with Crippen molar-refractivity contribution < 1.29 is 14.4 Å². The van der Waals surface area contributed by atoms with E-state index in [1.165, 1.54) is 0 Å². The number of hydrogen-bond donors (Lipinski definition) is 0. The van der Waals surface area contributed by atoms with Crippen LogP contribution in [-0.4, -0.2) is 34.7 Å². The molecule has 1 heterocycles. The van der Waals surface area contributed by atoms with Crippen LogP contribution in [0.4, 0.5) is 5.69 Å². The Morgan fingerprint density at radius 3 is 2.41 bits per heavy atom. The van der Waals surface area contributed by atoms with E-state index in [1.807, 2.05) is 50.2 Å². The first-order valence-corrected chi connectivity index (χ1v) is 9.68. The Hall–Kier alpha value is -3.46. The average Bonchev–Trinajstić information content (AvgIpc) is 3.02. The molecule has 1 aliphatic heterocycles. The highest BCUT2D eigenvalue weighted by atomic mass is 16.2. The lowest BCUT2D eigenvalue weighted by Gasteiger charge is -2.33. The van der Waals surface area contributed by atoms with Gasteiger partial charge in [-0.1, -0.05) is 37.3 Å². The number of imide groups is 1. The summed E-state index contributed by atoms with van der Waals surface area (Å²) in [5, 5.41) is 8.94. The molecular weight excluding hydrogens is 366 g/mol. The fourth-order valence-corrected chi connectivity index (χ4v) is 3.57. The van der Waals surface area contributed by atoms with Gasteiger partial charge in [-0.2, -0.15) is 5.26 Å². The molecule has 2 aromatic rings. The molecule has 2 atom stereocenters. The summed E-state index contributed by atoms with van der Waals surface area (Å²) in [4.78, 5) is 41.6. The molecule has 0 spiro atoms. The molecule has 6 nitrogen and oxygen atoms in total. The van der Waals surface area contributed by atoms with Crippen LogP contribution in [-0.2, 0) is 20.8 Å². The number of benzene rings is 2. The molecule has 1 aliphatic rings. The summed E-state index contributed by atoms with van der Waals surface area (Å²) in [7, 11) is 0. The van der Waals surface area contributed by atoms with Crippen LogP contribution in [0.1, 0.15) is 37.8 Å². The number of carbonyl (C=O) groups excluding carboxylic acids is 3. The molecule has 0 aliphatic carbocycles. The molecule has 29 heavy (non-hydrogen) atoms. The molecule has 2 unspecified atom stereocenters. The zero-order valence-electron chi connectivity index (χ0n) is 16.5. The van der Waals surface area contributed by atoms with Gasteiger partial charge >= 0.3 is 0 Å².